The van der Waals surface area contributed by atoms with E-state index in [0.29, 0.717) is 12.6 Å². The van der Waals surface area contributed by atoms with Crippen molar-refractivity contribution in [2.45, 2.75) is 32.9 Å². The molecule has 7 nitrogen and oxygen atoms in total. The highest BCUT2D eigenvalue weighted by Gasteiger charge is 2.27. The normalized spacial score (nSPS) is 17.3. The van der Waals surface area contributed by atoms with Crippen LogP contribution in [0.4, 0.5) is 5.82 Å². The van der Waals surface area contributed by atoms with Gasteiger partial charge in [-0.3, -0.25) is 4.79 Å². The molecule has 0 radical (unpaired) electrons. The minimum atomic E-state index is -0.248. The van der Waals surface area contributed by atoms with E-state index in [4.69, 9.17) is 0 Å². The molecule has 1 aliphatic heterocycles. The summed E-state index contributed by atoms with van der Waals surface area (Å²) in [6.45, 7) is 6.26. The van der Waals surface area contributed by atoms with Crippen LogP contribution in [-0.4, -0.2) is 59.0 Å². The zero-order valence-corrected chi connectivity index (χ0v) is 15.3. The van der Waals surface area contributed by atoms with Crippen molar-refractivity contribution in [1.82, 2.24) is 25.2 Å². The van der Waals surface area contributed by atoms with Crippen molar-refractivity contribution in [3.8, 4) is 0 Å². The Bertz CT molecular complexity index is 740. The highest BCUT2D eigenvalue weighted by atomic mass is 16.2. The van der Waals surface area contributed by atoms with Crippen LogP contribution in [0.2, 0.25) is 0 Å². The Morgan fingerprint density at radius 1 is 1.40 bits per heavy atom. The lowest BCUT2D eigenvalue weighted by Gasteiger charge is -2.23. The summed E-state index contributed by atoms with van der Waals surface area (Å²) in [6, 6.07) is 4.35. The first kappa shape index (κ1) is 17.4. The Morgan fingerprint density at radius 2 is 2.20 bits per heavy atom. The van der Waals surface area contributed by atoms with E-state index in [1.54, 1.807) is 0 Å². The fourth-order valence-corrected chi connectivity index (χ4v) is 3.11. The summed E-state index contributed by atoms with van der Waals surface area (Å²) < 4.78 is 0. The van der Waals surface area contributed by atoms with E-state index in [9.17, 15) is 4.79 Å². The smallest absolute Gasteiger partial charge is 0.289 e. The Kier molecular flexibility index (Phi) is 5.03. The molecule has 2 aromatic heterocycles. The monoisotopic (exact) mass is 342 g/mol. The summed E-state index contributed by atoms with van der Waals surface area (Å²) in [4.78, 5) is 29.0. The number of likely N-dealkylation sites (N-methyl/N-ethyl adjacent to an activating group) is 1. The average molecular weight is 342 g/mol. The summed E-state index contributed by atoms with van der Waals surface area (Å²) in [5, 5.41) is 2.87. The number of hydrogen-bond donors (Lipinski definition) is 2. The predicted molar refractivity (Wildman–Crippen MR) is 97.8 cm³/mol. The third kappa shape index (κ3) is 3.82. The Balaban J connectivity index is 1.77. The molecule has 25 heavy (non-hydrogen) atoms. The predicted octanol–water partition coefficient (Wildman–Crippen LogP) is 1.49. The molecule has 1 amide bonds. The molecule has 7 heteroatoms. The Morgan fingerprint density at radius 3 is 2.84 bits per heavy atom. The number of nitrogens with one attached hydrogen (secondary N) is 2. The molecular weight excluding hydrogens is 316 g/mol. The van der Waals surface area contributed by atoms with Gasteiger partial charge >= 0.3 is 0 Å². The van der Waals surface area contributed by atoms with Gasteiger partial charge in [0.1, 0.15) is 5.82 Å². The summed E-state index contributed by atoms with van der Waals surface area (Å²) in [5.74, 6) is 0.863. The van der Waals surface area contributed by atoms with E-state index in [1.807, 2.05) is 32.2 Å². The molecule has 0 aliphatic carbocycles. The highest BCUT2D eigenvalue weighted by Crippen LogP contribution is 2.25. The fraction of sp³-hybridized carbons (Fsp3) is 0.500. The van der Waals surface area contributed by atoms with E-state index in [1.165, 1.54) is 0 Å². The number of H-pyrrole nitrogens is 1. The van der Waals surface area contributed by atoms with E-state index >= 15 is 0 Å². The van der Waals surface area contributed by atoms with Gasteiger partial charge in [-0.15, -0.1) is 0 Å². The van der Waals surface area contributed by atoms with Gasteiger partial charge in [-0.05, 0) is 46.5 Å². The molecule has 0 spiro atoms. The summed E-state index contributed by atoms with van der Waals surface area (Å²) >= 11 is 0. The number of aromatic amines is 1. The molecule has 3 heterocycles. The van der Waals surface area contributed by atoms with Gasteiger partial charge in [0.2, 0.25) is 5.82 Å². The van der Waals surface area contributed by atoms with Crippen LogP contribution in [0.3, 0.4) is 0 Å². The molecule has 1 atom stereocenters. The van der Waals surface area contributed by atoms with Crippen LogP contribution in [0.5, 0.6) is 0 Å². The van der Waals surface area contributed by atoms with Crippen molar-refractivity contribution in [2.75, 3.05) is 32.1 Å². The second-order valence-corrected chi connectivity index (χ2v) is 6.81. The standard InChI is InChI=1S/C18H26N6O/c1-12-13(2)21-16(18(25)20-10-14-6-5-8-19-14)22-17(12)24-9-7-15(11-24)23(3)4/h5-6,8,15,19H,7,9-11H2,1-4H3,(H,20,25)/t15-/m1/s1. The topological polar surface area (TPSA) is 77.1 Å². The number of carbonyl (C=O) groups is 1. The van der Waals surface area contributed by atoms with Gasteiger partial charge in [-0.25, -0.2) is 9.97 Å². The molecule has 2 N–H and O–H groups in total. The van der Waals surface area contributed by atoms with Crippen LogP contribution in [0.25, 0.3) is 0 Å². The van der Waals surface area contributed by atoms with Gasteiger partial charge in [0.05, 0.1) is 6.54 Å². The largest absolute Gasteiger partial charge is 0.364 e. The second-order valence-electron chi connectivity index (χ2n) is 6.81. The van der Waals surface area contributed by atoms with E-state index < -0.39 is 0 Å². The van der Waals surface area contributed by atoms with Crippen molar-refractivity contribution < 1.29 is 4.79 Å². The van der Waals surface area contributed by atoms with Gasteiger partial charge in [0.25, 0.3) is 5.91 Å². The minimum absolute atomic E-state index is 0.234. The lowest BCUT2D eigenvalue weighted by atomic mass is 10.2. The van der Waals surface area contributed by atoms with Crippen molar-refractivity contribution in [2.24, 2.45) is 0 Å². The first-order valence-electron chi connectivity index (χ1n) is 8.62. The minimum Gasteiger partial charge on any atom is -0.364 e. The number of nitrogens with zero attached hydrogens (tertiary/aromatic N) is 4. The molecule has 0 unspecified atom stereocenters. The van der Waals surface area contributed by atoms with E-state index in [2.05, 4.69) is 44.2 Å². The van der Waals surface area contributed by atoms with E-state index in [-0.39, 0.29) is 11.7 Å². The molecule has 0 saturated carbocycles. The summed E-state index contributed by atoms with van der Waals surface area (Å²) in [5.41, 5.74) is 2.84. The number of carbonyl (C=O) groups excluding carboxylic acids is 1. The summed E-state index contributed by atoms with van der Waals surface area (Å²) in [7, 11) is 4.21. The first-order valence-corrected chi connectivity index (χ1v) is 8.62. The lowest BCUT2D eigenvalue weighted by Crippen LogP contribution is -2.33. The average Bonchev–Trinajstić information content (AvgIpc) is 3.26. The van der Waals surface area contributed by atoms with Crippen molar-refractivity contribution in [3.63, 3.8) is 0 Å². The van der Waals surface area contributed by atoms with Gasteiger partial charge in [-0.2, -0.15) is 0 Å². The summed E-state index contributed by atoms with van der Waals surface area (Å²) in [6.07, 6.45) is 2.94. The van der Waals surface area contributed by atoms with Crippen LogP contribution in [0.1, 0.15) is 34.0 Å². The number of hydrogen-bond acceptors (Lipinski definition) is 5. The number of rotatable bonds is 5. The zero-order valence-electron chi connectivity index (χ0n) is 15.3. The maximum atomic E-state index is 12.5. The second kappa shape index (κ2) is 7.23. The maximum Gasteiger partial charge on any atom is 0.289 e. The van der Waals surface area contributed by atoms with Crippen LogP contribution in [0, 0.1) is 13.8 Å². The van der Waals surface area contributed by atoms with Crippen molar-refractivity contribution in [3.05, 3.63) is 41.1 Å². The van der Waals surface area contributed by atoms with Crippen molar-refractivity contribution in [1.29, 1.82) is 0 Å². The SMILES string of the molecule is Cc1nc(C(=O)NCc2ccc[nH]2)nc(N2CC[C@@H](N(C)C)C2)c1C. The Hall–Kier alpha value is -2.41. The molecule has 1 aliphatic rings. The van der Waals surface area contributed by atoms with Gasteiger partial charge in [0, 0.05) is 42.3 Å². The van der Waals surface area contributed by atoms with Gasteiger partial charge in [-0.1, -0.05) is 0 Å². The number of amides is 1. The number of aromatic nitrogens is 3. The highest BCUT2D eigenvalue weighted by molar-refractivity contribution is 5.90. The molecular formula is C18H26N6O. The van der Waals surface area contributed by atoms with E-state index in [0.717, 1.165) is 42.3 Å². The van der Waals surface area contributed by atoms with Crippen LogP contribution in [0.15, 0.2) is 18.3 Å². The van der Waals surface area contributed by atoms with Crippen LogP contribution >= 0.6 is 0 Å². The van der Waals surface area contributed by atoms with Gasteiger partial charge in [0.15, 0.2) is 0 Å². The molecule has 3 rings (SSSR count). The fourth-order valence-electron chi connectivity index (χ4n) is 3.11. The molecule has 134 valence electrons. The first-order chi connectivity index (χ1) is 12.0. The number of anilines is 1. The van der Waals surface area contributed by atoms with Gasteiger partial charge < -0.3 is 20.1 Å². The molecule has 1 fully saturated rings. The van der Waals surface area contributed by atoms with Crippen LogP contribution in [-0.2, 0) is 6.54 Å². The van der Waals surface area contributed by atoms with Crippen molar-refractivity contribution >= 4 is 11.7 Å². The third-order valence-corrected chi connectivity index (χ3v) is 4.86. The Labute approximate surface area is 148 Å². The molecule has 0 bridgehead atoms. The third-order valence-electron chi connectivity index (χ3n) is 4.86. The molecule has 0 aromatic carbocycles. The zero-order chi connectivity index (χ0) is 18.0. The quantitative estimate of drug-likeness (QED) is 0.861. The molecule has 2 aromatic rings. The molecule has 1 saturated heterocycles. The van der Waals surface area contributed by atoms with Crippen LogP contribution < -0.4 is 10.2 Å². The lowest BCUT2D eigenvalue weighted by molar-refractivity contribution is 0.0940. The number of aryl methyl sites for hydroxylation is 1. The maximum absolute atomic E-state index is 12.5.